The molecule has 0 bridgehead atoms. The molecule has 0 unspecified atom stereocenters. The van der Waals surface area contributed by atoms with E-state index in [2.05, 4.69) is 107 Å². The van der Waals surface area contributed by atoms with Crippen LogP contribution in [0.4, 0.5) is 0 Å². The predicted molar refractivity (Wildman–Crippen MR) is 106 cm³/mol. The van der Waals surface area contributed by atoms with Gasteiger partial charge >= 0.3 is 0 Å². The summed E-state index contributed by atoms with van der Waals surface area (Å²) in [5, 5.41) is 0. The summed E-state index contributed by atoms with van der Waals surface area (Å²) in [6.07, 6.45) is 8.40. The number of hydrogen-bond acceptors (Lipinski definition) is 0. The largest absolute Gasteiger partial charge is 0.210 e. The van der Waals surface area contributed by atoms with Crippen LogP contribution in [0.1, 0.15) is 13.8 Å². The van der Waals surface area contributed by atoms with Crippen LogP contribution in [0.25, 0.3) is 22.5 Å². The summed E-state index contributed by atoms with van der Waals surface area (Å²) in [6, 6.07) is 29.3. The lowest BCUT2D eigenvalue weighted by molar-refractivity contribution is -0.596. The molecule has 4 rings (SSSR count). The molecular weight excluding hydrogens is 316 g/mol. The van der Waals surface area contributed by atoms with E-state index < -0.39 is 0 Å². The zero-order chi connectivity index (χ0) is 18.2. The highest BCUT2D eigenvalue weighted by molar-refractivity contribution is 5.61. The molecule has 0 saturated carbocycles. The van der Waals surface area contributed by atoms with Crippen molar-refractivity contribution >= 4 is 0 Å². The maximum absolute atomic E-state index is 2.15. The van der Waals surface area contributed by atoms with Gasteiger partial charge in [0.15, 0.2) is 24.8 Å². The number of rotatable bonds is 3. The van der Waals surface area contributed by atoms with Crippen LogP contribution in [0.5, 0.6) is 0 Å². The number of pyridine rings is 2. The molecule has 0 N–H and O–H groups in total. The van der Waals surface area contributed by atoms with Gasteiger partial charge in [-0.25, -0.2) is 0 Å². The Bertz CT molecular complexity index is 832. The first-order valence-corrected chi connectivity index (χ1v) is 9.04. The van der Waals surface area contributed by atoms with Crippen molar-refractivity contribution in [2.75, 3.05) is 0 Å². The maximum atomic E-state index is 2.15. The predicted octanol–water partition coefficient (Wildman–Crippen LogP) is 4.93. The quantitative estimate of drug-likeness (QED) is 0.467. The first-order chi connectivity index (χ1) is 12.9. The van der Waals surface area contributed by atoms with Gasteiger partial charge in [-0.05, 0) is 11.1 Å². The molecule has 2 aromatic heterocycles. The first-order valence-electron chi connectivity index (χ1n) is 9.04. The number of nitrogens with zero attached hydrogens (tertiary/aromatic N) is 2. The molecule has 4 aromatic rings. The summed E-state index contributed by atoms with van der Waals surface area (Å²) in [7, 11) is 0. The van der Waals surface area contributed by atoms with E-state index in [9.17, 15) is 0 Å². The van der Waals surface area contributed by atoms with Crippen LogP contribution in [0, 0.1) is 0 Å². The Labute approximate surface area is 155 Å². The molecule has 0 aliphatic rings. The molecular formula is C24H24N2+2. The molecule has 0 aliphatic carbocycles. The zero-order valence-corrected chi connectivity index (χ0v) is 15.3. The normalized spacial score (nSPS) is 9.92. The Morgan fingerprint density at radius 1 is 0.423 bits per heavy atom. The average molecular weight is 340 g/mol. The second-order valence-corrected chi connectivity index (χ2v) is 5.66. The summed E-state index contributed by atoms with van der Waals surface area (Å²) < 4.78 is 4.24. The van der Waals surface area contributed by atoms with Gasteiger partial charge in [0.25, 0.3) is 0 Å². The standard InChI is InChI=1S/C22H18N2.C2H6/c1-3-7-21(8-4-1)23-15-11-19(12-16-23)20-13-17-24(18-14-20)22-9-5-2-6-10-22;1-2/h1-18H;1-2H3/q+2;. The minimum atomic E-state index is 1.17. The van der Waals surface area contributed by atoms with Crippen LogP contribution >= 0.6 is 0 Å². The molecule has 0 spiro atoms. The third-order valence-electron chi connectivity index (χ3n) is 4.10. The SMILES string of the molecule is CC.c1ccc(-[n+]2ccc(-c3cc[n+](-c4ccccc4)cc3)cc2)cc1. The number of hydrogen-bond donors (Lipinski definition) is 0. The second-order valence-electron chi connectivity index (χ2n) is 5.66. The molecule has 0 aliphatic heterocycles. The Hall–Kier alpha value is -3.26. The van der Waals surface area contributed by atoms with E-state index in [1.54, 1.807) is 0 Å². The molecule has 128 valence electrons. The van der Waals surface area contributed by atoms with Gasteiger partial charge in [-0.3, -0.25) is 0 Å². The molecule has 0 atom stereocenters. The number of benzene rings is 2. The van der Waals surface area contributed by atoms with E-state index in [1.165, 1.54) is 22.5 Å². The van der Waals surface area contributed by atoms with Crippen molar-refractivity contribution in [3.05, 3.63) is 110 Å². The van der Waals surface area contributed by atoms with Gasteiger partial charge in [-0.15, -0.1) is 0 Å². The molecule has 2 heteroatoms. The Kier molecular flexibility index (Phi) is 5.89. The summed E-state index contributed by atoms with van der Waals surface area (Å²) in [6.45, 7) is 4.00. The van der Waals surface area contributed by atoms with Gasteiger partial charge in [-0.1, -0.05) is 50.2 Å². The lowest BCUT2D eigenvalue weighted by atomic mass is 10.1. The van der Waals surface area contributed by atoms with Crippen molar-refractivity contribution < 1.29 is 9.13 Å². The Morgan fingerprint density at radius 3 is 1.04 bits per heavy atom. The lowest BCUT2D eigenvalue weighted by Crippen LogP contribution is -2.29. The maximum Gasteiger partial charge on any atom is 0.210 e. The summed E-state index contributed by atoms with van der Waals surface area (Å²) in [4.78, 5) is 0. The van der Waals surface area contributed by atoms with E-state index >= 15 is 0 Å². The fourth-order valence-corrected chi connectivity index (χ4v) is 2.78. The van der Waals surface area contributed by atoms with Gasteiger partial charge < -0.3 is 0 Å². The monoisotopic (exact) mass is 340 g/mol. The fourth-order valence-electron chi connectivity index (χ4n) is 2.78. The van der Waals surface area contributed by atoms with Crippen LogP contribution in [-0.2, 0) is 0 Å². The highest BCUT2D eigenvalue weighted by Gasteiger charge is 2.08. The molecule has 2 aromatic carbocycles. The van der Waals surface area contributed by atoms with Crippen molar-refractivity contribution in [2.24, 2.45) is 0 Å². The Morgan fingerprint density at radius 2 is 0.731 bits per heavy atom. The van der Waals surface area contributed by atoms with Gasteiger partial charge in [-0.2, -0.15) is 9.13 Å². The van der Waals surface area contributed by atoms with Crippen molar-refractivity contribution in [3.63, 3.8) is 0 Å². The van der Waals surface area contributed by atoms with Crippen LogP contribution < -0.4 is 9.13 Å². The molecule has 0 radical (unpaired) electrons. The third-order valence-corrected chi connectivity index (χ3v) is 4.10. The van der Waals surface area contributed by atoms with Crippen molar-refractivity contribution in [3.8, 4) is 22.5 Å². The van der Waals surface area contributed by atoms with Crippen molar-refractivity contribution in [1.82, 2.24) is 0 Å². The van der Waals surface area contributed by atoms with Crippen molar-refractivity contribution in [2.45, 2.75) is 13.8 Å². The van der Waals surface area contributed by atoms with E-state index in [0.29, 0.717) is 0 Å². The van der Waals surface area contributed by atoms with Crippen LogP contribution in [-0.4, -0.2) is 0 Å². The molecule has 2 heterocycles. The van der Waals surface area contributed by atoms with Crippen molar-refractivity contribution in [1.29, 1.82) is 0 Å². The Balaban J connectivity index is 0.000000948. The van der Waals surface area contributed by atoms with Crippen LogP contribution in [0.15, 0.2) is 110 Å². The summed E-state index contributed by atoms with van der Waals surface area (Å²) in [5.74, 6) is 0. The smallest absolute Gasteiger partial charge is 0.167 e. The van der Waals surface area contributed by atoms with Crippen LogP contribution in [0.2, 0.25) is 0 Å². The summed E-state index contributed by atoms with van der Waals surface area (Å²) >= 11 is 0. The van der Waals surface area contributed by atoms with E-state index in [0.717, 1.165) is 0 Å². The summed E-state index contributed by atoms with van der Waals surface area (Å²) in [5.41, 5.74) is 4.75. The molecule has 26 heavy (non-hydrogen) atoms. The number of aromatic nitrogens is 2. The topological polar surface area (TPSA) is 7.76 Å². The molecule has 0 saturated heterocycles. The zero-order valence-electron chi connectivity index (χ0n) is 15.3. The molecule has 0 fully saturated rings. The lowest BCUT2D eigenvalue weighted by Gasteiger charge is -2.01. The van der Waals surface area contributed by atoms with Gasteiger partial charge in [0.1, 0.15) is 0 Å². The second kappa shape index (κ2) is 8.72. The fraction of sp³-hybridized carbons (Fsp3) is 0.0833. The first kappa shape index (κ1) is 17.6. The van der Waals surface area contributed by atoms with E-state index in [-0.39, 0.29) is 0 Å². The third kappa shape index (κ3) is 4.04. The highest BCUT2D eigenvalue weighted by atomic mass is 14.9. The highest BCUT2D eigenvalue weighted by Crippen LogP contribution is 2.16. The van der Waals surface area contributed by atoms with E-state index in [4.69, 9.17) is 0 Å². The number of para-hydroxylation sites is 2. The minimum absolute atomic E-state index is 1.17. The van der Waals surface area contributed by atoms with E-state index in [1.807, 2.05) is 26.0 Å². The molecule has 2 nitrogen and oxygen atoms in total. The van der Waals surface area contributed by atoms with Gasteiger partial charge in [0.05, 0.1) is 0 Å². The van der Waals surface area contributed by atoms with Gasteiger partial charge in [0, 0.05) is 48.5 Å². The average Bonchev–Trinajstić information content (AvgIpc) is 2.77. The van der Waals surface area contributed by atoms with Crippen LogP contribution in [0.3, 0.4) is 0 Å². The minimum Gasteiger partial charge on any atom is -0.167 e. The van der Waals surface area contributed by atoms with Gasteiger partial charge in [0.2, 0.25) is 11.4 Å². The molecule has 0 amide bonds.